The number of allylic oxidation sites excluding steroid dienone is 1. The largest absolute Gasteiger partial charge is 0.402 e. The predicted octanol–water partition coefficient (Wildman–Crippen LogP) is 2.04. The van der Waals surface area contributed by atoms with Crippen molar-refractivity contribution in [1.29, 1.82) is 0 Å². The van der Waals surface area contributed by atoms with E-state index in [4.69, 9.17) is 5.73 Å². The van der Waals surface area contributed by atoms with Gasteiger partial charge in [0.15, 0.2) is 11.5 Å². The molecular weight excluding hydrogens is 342 g/mol. The molecule has 2 aliphatic rings. The first-order valence-electron chi connectivity index (χ1n) is 9.42. The van der Waals surface area contributed by atoms with E-state index in [1.165, 1.54) is 6.20 Å². The minimum absolute atomic E-state index is 0.125. The highest BCUT2D eigenvalue weighted by molar-refractivity contribution is 5.94. The van der Waals surface area contributed by atoms with Gasteiger partial charge in [0, 0.05) is 23.9 Å². The molecule has 4 N–H and O–H groups in total. The van der Waals surface area contributed by atoms with Crippen LogP contribution >= 0.6 is 0 Å². The van der Waals surface area contributed by atoms with Crippen molar-refractivity contribution in [2.24, 2.45) is 22.1 Å². The van der Waals surface area contributed by atoms with E-state index in [2.05, 4.69) is 22.0 Å². The van der Waals surface area contributed by atoms with Crippen molar-refractivity contribution in [3.05, 3.63) is 35.8 Å². The zero-order valence-electron chi connectivity index (χ0n) is 16.3. The van der Waals surface area contributed by atoms with Crippen LogP contribution < -0.4 is 11.1 Å². The van der Waals surface area contributed by atoms with Crippen LogP contribution in [-0.2, 0) is 6.42 Å². The molecular formula is C20H29N5O2. The van der Waals surface area contributed by atoms with E-state index in [-0.39, 0.29) is 24.0 Å². The maximum atomic E-state index is 13.0. The van der Waals surface area contributed by atoms with Gasteiger partial charge < -0.3 is 16.2 Å². The number of aliphatic hydroxyl groups is 1. The summed E-state index contributed by atoms with van der Waals surface area (Å²) in [5.41, 5.74) is 7.95. The van der Waals surface area contributed by atoms with Crippen molar-refractivity contribution in [3.8, 4) is 0 Å². The summed E-state index contributed by atoms with van der Waals surface area (Å²) >= 11 is 0. The Morgan fingerprint density at radius 3 is 2.89 bits per heavy atom. The van der Waals surface area contributed by atoms with Crippen LogP contribution in [-0.4, -0.2) is 39.7 Å². The number of hydrogen-bond donors (Lipinski definition) is 3. The van der Waals surface area contributed by atoms with Gasteiger partial charge in [0.05, 0.1) is 18.3 Å². The predicted molar refractivity (Wildman–Crippen MR) is 106 cm³/mol. The lowest BCUT2D eigenvalue weighted by Gasteiger charge is -2.29. The van der Waals surface area contributed by atoms with E-state index >= 15 is 0 Å². The number of nitrogens with two attached hydrogens (primary N) is 1. The summed E-state index contributed by atoms with van der Waals surface area (Å²) in [5.74, 6) is 1.29. The van der Waals surface area contributed by atoms with E-state index in [0.717, 1.165) is 30.5 Å². The molecule has 1 heterocycles. The molecule has 1 aromatic rings. The van der Waals surface area contributed by atoms with Gasteiger partial charge in [-0.05, 0) is 30.6 Å². The molecule has 1 aromatic heterocycles. The monoisotopic (exact) mass is 371 g/mol. The normalized spacial score (nSPS) is 22.9. The maximum Gasteiger partial charge on any atom is 0.272 e. The second-order valence-electron chi connectivity index (χ2n) is 8.38. The number of aromatic nitrogens is 2. The first kappa shape index (κ1) is 19.4. The summed E-state index contributed by atoms with van der Waals surface area (Å²) < 4.78 is 1.71. The number of aliphatic imine (C=N–C) groups is 1. The Bertz CT molecular complexity index is 800. The molecule has 1 fully saturated rings. The molecule has 0 spiro atoms. The summed E-state index contributed by atoms with van der Waals surface area (Å²) in [7, 11) is 0. The van der Waals surface area contributed by atoms with Crippen molar-refractivity contribution >= 4 is 17.9 Å². The van der Waals surface area contributed by atoms with Gasteiger partial charge in [0.25, 0.3) is 5.91 Å². The van der Waals surface area contributed by atoms with E-state index in [0.29, 0.717) is 23.4 Å². The van der Waals surface area contributed by atoms with Crippen LogP contribution in [0, 0.1) is 11.3 Å². The van der Waals surface area contributed by atoms with Crippen LogP contribution in [0.5, 0.6) is 0 Å². The topological polar surface area (TPSA) is 106 Å². The molecule has 3 atom stereocenters. The first-order chi connectivity index (χ1) is 12.8. The molecule has 0 aliphatic heterocycles. The quantitative estimate of drug-likeness (QED) is 0.665. The molecule has 7 nitrogen and oxygen atoms in total. The number of aliphatic hydroxyl groups excluding tert-OH is 1. The van der Waals surface area contributed by atoms with Gasteiger partial charge in [-0.3, -0.25) is 4.79 Å². The molecule has 0 radical (unpaired) electrons. The average Bonchev–Trinajstić information content (AvgIpc) is 3.32. The number of nitrogens with zero attached hydrogens (tertiary/aromatic N) is 3. The number of nitrogens with one attached hydrogen (secondary N) is 1. The summed E-state index contributed by atoms with van der Waals surface area (Å²) in [6.07, 6.45) is 7.53. The van der Waals surface area contributed by atoms with Crippen molar-refractivity contribution in [1.82, 2.24) is 15.1 Å². The molecule has 27 heavy (non-hydrogen) atoms. The van der Waals surface area contributed by atoms with Crippen molar-refractivity contribution in [2.75, 3.05) is 6.61 Å². The Morgan fingerprint density at radius 1 is 1.56 bits per heavy atom. The van der Waals surface area contributed by atoms with Crippen molar-refractivity contribution < 1.29 is 9.90 Å². The van der Waals surface area contributed by atoms with Crippen LogP contribution in [0.3, 0.4) is 0 Å². The Hall–Kier alpha value is -2.41. The van der Waals surface area contributed by atoms with Gasteiger partial charge >= 0.3 is 0 Å². The van der Waals surface area contributed by atoms with Crippen LogP contribution in [0.15, 0.2) is 23.8 Å². The highest BCUT2D eigenvalue weighted by Crippen LogP contribution is 2.55. The number of carbonyl (C=O) groups is 1. The Morgan fingerprint density at radius 2 is 2.30 bits per heavy atom. The van der Waals surface area contributed by atoms with E-state index < -0.39 is 0 Å². The molecule has 146 valence electrons. The average molecular weight is 371 g/mol. The second-order valence-corrected chi connectivity index (χ2v) is 8.38. The van der Waals surface area contributed by atoms with Gasteiger partial charge in [0.1, 0.15) is 0 Å². The van der Waals surface area contributed by atoms with Crippen LogP contribution in [0.1, 0.15) is 61.3 Å². The lowest BCUT2D eigenvalue weighted by molar-refractivity contribution is 0.0841. The van der Waals surface area contributed by atoms with Crippen LogP contribution in [0.2, 0.25) is 0 Å². The van der Waals surface area contributed by atoms with E-state index in [1.54, 1.807) is 17.0 Å². The number of hydrogen-bond acceptors (Lipinski definition) is 5. The zero-order chi connectivity index (χ0) is 19.8. The number of carbonyl (C=O) groups excluding carboxylic acids is 1. The SMILES string of the molecule is C=CC=N/C(=C\N)n1nc(C(=O)N[C@H](CO)C(C)(C)C)c2c1[C@@H]1C[C@@H]1CC2. The van der Waals surface area contributed by atoms with E-state index in [9.17, 15) is 9.90 Å². The Labute approximate surface area is 160 Å². The number of rotatable bonds is 6. The second kappa shape index (κ2) is 7.31. The van der Waals surface area contributed by atoms with Crippen LogP contribution in [0.25, 0.3) is 5.82 Å². The lowest BCUT2D eigenvalue weighted by atomic mass is 9.87. The first-order valence-corrected chi connectivity index (χ1v) is 9.42. The highest BCUT2D eigenvalue weighted by Gasteiger charge is 2.47. The summed E-state index contributed by atoms with van der Waals surface area (Å²) in [6, 6.07) is -0.355. The summed E-state index contributed by atoms with van der Waals surface area (Å²) in [5, 5.41) is 17.2. The Balaban J connectivity index is 1.99. The number of fused-ring (bicyclic) bond motifs is 3. The molecule has 3 rings (SSSR count). The van der Waals surface area contributed by atoms with Gasteiger partial charge in [-0.1, -0.05) is 33.4 Å². The van der Waals surface area contributed by atoms with Crippen LogP contribution in [0.4, 0.5) is 0 Å². The van der Waals surface area contributed by atoms with Gasteiger partial charge in [-0.2, -0.15) is 5.10 Å². The fraction of sp³-hybridized carbons (Fsp3) is 0.550. The molecule has 0 bridgehead atoms. The number of amides is 1. The zero-order valence-corrected chi connectivity index (χ0v) is 16.3. The lowest BCUT2D eigenvalue weighted by Crippen LogP contribution is -2.46. The fourth-order valence-corrected chi connectivity index (χ4v) is 3.74. The standard InChI is InChI=1S/C20H29N5O2/c1-5-8-22-16(10-21)25-18-13(7-6-12-9-14(12)18)17(24-25)19(27)23-15(11-26)20(2,3)4/h5,8,10,12,14-15,26H,1,6-7,9,11,21H2,2-4H3,(H,23,27)/b16-10+,22-8?/t12-,14+,15+/m0/s1. The van der Waals surface area contributed by atoms with Crippen molar-refractivity contribution in [3.63, 3.8) is 0 Å². The van der Waals surface area contributed by atoms with E-state index in [1.807, 2.05) is 20.8 Å². The Kier molecular flexibility index (Phi) is 5.24. The third-order valence-corrected chi connectivity index (χ3v) is 5.49. The van der Waals surface area contributed by atoms with Crippen molar-refractivity contribution in [2.45, 2.75) is 52.0 Å². The highest BCUT2D eigenvalue weighted by atomic mass is 16.3. The fourth-order valence-electron chi connectivity index (χ4n) is 3.74. The molecule has 1 amide bonds. The summed E-state index contributed by atoms with van der Waals surface area (Å²) in [4.78, 5) is 17.3. The summed E-state index contributed by atoms with van der Waals surface area (Å²) in [6.45, 7) is 9.46. The minimum atomic E-state index is -0.355. The maximum absolute atomic E-state index is 13.0. The molecule has 7 heteroatoms. The smallest absolute Gasteiger partial charge is 0.272 e. The molecule has 2 aliphatic carbocycles. The third-order valence-electron chi connectivity index (χ3n) is 5.49. The third kappa shape index (κ3) is 3.69. The molecule has 0 saturated heterocycles. The minimum Gasteiger partial charge on any atom is -0.402 e. The molecule has 0 aromatic carbocycles. The van der Waals surface area contributed by atoms with Gasteiger partial charge in [0.2, 0.25) is 0 Å². The molecule has 0 unspecified atom stereocenters. The molecule has 1 saturated carbocycles. The van der Waals surface area contributed by atoms with Gasteiger partial charge in [-0.25, -0.2) is 9.67 Å². The van der Waals surface area contributed by atoms with Gasteiger partial charge in [-0.15, -0.1) is 0 Å².